The Balaban J connectivity index is 1.55. The van der Waals surface area contributed by atoms with Crippen LogP contribution in [0.15, 0.2) is 77.8 Å². The lowest BCUT2D eigenvalue weighted by Gasteiger charge is -2.23. The van der Waals surface area contributed by atoms with Gasteiger partial charge in [-0.25, -0.2) is 0 Å². The molecule has 0 atom stereocenters. The molecule has 0 saturated carbocycles. The second-order valence-electron chi connectivity index (χ2n) is 7.84. The number of carbonyl (C=O) groups is 2. The van der Waals surface area contributed by atoms with E-state index >= 15 is 0 Å². The highest BCUT2D eigenvalue weighted by Gasteiger charge is 2.24. The Morgan fingerprint density at radius 3 is 2.44 bits per heavy atom. The quantitative estimate of drug-likeness (QED) is 0.600. The number of benzene rings is 3. The summed E-state index contributed by atoms with van der Waals surface area (Å²) in [6, 6.07) is 22.5. The number of hydrogen-bond donors (Lipinski definition) is 1. The molecule has 0 bridgehead atoms. The minimum atomic E-state index is -0.161. The first-order valence-electron chi connectivity index (χ1n) is 11.0. The van der Waals surface area contributed by atoms with Gasteiger partial charge in [-0.1, -0.05) is 36.4 Å². The molecule has 1 N–H and O–H groups in total. The summed E-state index contributed by atoms with van der Waals surface area (Å²) in [5.41, 5.74) is 5.79. The lowest BCUT2D eigenvalue weighted by molar-refractivity contribution is 0.0985. The maximum atomic E-state index is 13.4. The third-order valence-electron chi connectivity index (χ3n) is 5.67. The van der Waals surface area contributed by atoms with Gasteiger partial charge in [0, 0.05) is 41.2 Å². The Morgan fingerprint density at radius 2 is 1.69 bits per heavy atom. The number of carbonyl (C=O) groups excluding carboxylic acids is 2. The number of amides is 2. The van der Waals surface area contributed by atoms with Gasteiger partial charge in [0.1, 0.15) is 0 Å². The number of para-hydroxylation sites is 1. The molecule has 1 heterocycles. The van der Waals surface area contributed by atoms with Gasteiger partial charge in [0.25, 0.3) is 11.8 Å². The third kappa shape index (κ3) is 4.47. The summed E-state index contributed by atoms with van der Waals surface area (Å²) in [4.78, 5) is 32.4. The molecular weight excluding hydrogens is 398 g/mol. The molecule has 0 radical (unpaired) electrons. The standard InChI is InChI=1S/C27H27N3O2/c1-3-28-24-12-8-18-30(25-13-7-6-11-23(24)25)27(32)20-14-16-21(17-15-20)29-26(31)22-10-5-4-9-19(22)2/h4-7,9-11,13-17H,3,8,12,18H2,1-2H3,(H,29,31). The van der Waals surface area contributed by atoms with E-state index in [1.807, 2.05) is 61.2 Å². The zero-order valence-corrected chi connectivity index (χ0v) is 18.5. The van der Waals surface area contributed by atoms with E-state index in [1.54, 1.807) is 30.3 Å². The summed E-state index contributed by atoms with van der Waals surface area (Å²) in [6.07, 6.45) is 1.72. The Hall–Kier alpha value is -3.73. The predicted octanol–water partition coefficient (Wildman–Crippen LogP) is 5.50. The number of rotatable bonds is 4. The Labute approximate surface area is 188 Å². The minimum Gasteiger partial charge on any atom is -0.322 e. The topological polar surface area (TPSA) is 61.8 Å². The van der Waals surface area contributed by atoms with Gasteiger partial charge in [0.15, 0.2) is 0 Å². The molecule has 5 heteroatoms. The molecule has 0 fully saturated rings. The van der Waals surface area contributed by atoms with Gasteiger partial charge >= 0.3 is 0 Å². The molecule has 4 rings (SSSR count). The summed E-state index contributed by atoms with van der Waals surface area (Å²) in [5.74, 6) is -0.210. The number of aliphatic imine (C=N–C) groups is 1. The SMILES string of the molecule is CCN=C1CCCN(C(=O)c2ccc(NC(=O)c3ccccc3C)cc2)c2ccccc21. The molecule has 3 aromatic rings. The zero-order valence-electron chi connectivity index (χ0n) is 18.5. The minimum absolute atomic E-state index is 0.0491. The number of fused-ring (bicyclic) bond motifs is 1. The smallest absolute Gasteiger partial charge is 0.258 e. The number of hydrogen-bond acceptors (Lipinski definition) is 3. The average molecular weight is 426 g/mol. The highest BCUT2D eigenvalue weighted by atomic mass is 16.2. The maximum absolute atomic E-state index is 13.4. The third-order valence-corrected chi connectivity index (χ3v) is 5.67. The number of nitrogens with zero attached hydrogens (tertiary/aromatic N) is 2. The van der Waals surface area contributed by atoms with E-state index < -0.39 is 0 Å². The molecule has 0 aliphatic carbocycles. The summed E-state index contributed by atoms with van der Waals surface area (Å²) >= 11 is 0. The maximum Gasteiger partial charge on any atom is 0.258 e. The van der Waals surface area contributed by atoms with E-state index in [9.17, 15) is 9.59 Å². The number of nitrogens with one attached hydrogen (secondary N) is 1. The molecule has 0 unspecified atom stereocenters. The zero-order chi connectivity index (χ0) is 22.5. The van der Waals surface area contributed by atoms with Crippen LogP contribution in [0, 0.1) is 6.92 Å². The Bertz CT molecular complexity index is 1170. The summed E-state index contributed by atoms with van der Waals surface area (Å²) in [5, 5.41) is 2.91. The van der Waals surface area contributed by atoms with Gasteiger partial charge in [-0.2, -0.15) is 0 Å². The fourth-order valence-electron chi connectivity index (χ4n) is 4.06. The highest BCUT2D eigenvalue weighted by Crippen LogP contribution is 2.28. The molecule has 0 saturated heterocycles. The van der Waals surface area contributed by atoms with Crippen LogP contribution in [0.2, 0.25) is 0 Å². The highest BCUT2D eigenvalue weighted by molar-refractivity contribution is 6.13. The van der Waals surface area contributed by atoms with E-state index in [-0.39, 0.29) is 11.8 Å². The van der Waals surface area contributed by atoms with Crippen LogP contribution in [0.4, 0.5) is 11.4 Å². The first-order valence-corrected chi connectivity index (χ1v) is 11.0. The van der Waals surface area contributed by atoms with E-state index in [2.05, 4.69) is 10.3 Å². The van der Waals surface area contributed by atoms with Crippen LogP contribution < -0.4 is 10.2 Å². The number of anilines is 2. The second-order valence-corrected chi connectivity index (χ2v) is 7.84. The molecule has 162 valence electrons. The van der Waals surface area contributed by atoms with Crippen molar-refractivity contribution in [1.29, 1.82) is 0 Å². The van der Waals surface area contributed by atoms with Gasteiger partial charge in [0.05, 0.1) is 5.69 Å². The Kier molecular flexibility index (Phi) is 6.45. The van der Waals surface area contributed by atoms with Gasteiger partial charge < -0.3 is 10.2 Å². The van der Waals surface area contributed by atoms with Gasteiger partial charge in [-0.3, -0.25) is 14.6 Å². The van der Waals surface area contributed by atoms with Gasteiger partial charge in [-0.05, 0) is 68.7 Å². The average Bonchev–Trinajstić information content (AvgIpc) is 2.99. The Morgan fingerprint density at radius 1 is 0.969 bits per heavy atom. The second kappa shape index (κ2) is 9.60. The van der Waals surface area contributed by atoms with Crippen molar-refractivity contribution >= 4 is 28.9 Å². The van der Waals surface area contributed by atoms with Crippen molar-refractivity contribution in [2.45, 2.75) is 26.7 Å². The lowest BCUT2D eigenvalue weighted by Crippen LogP contribution is -2.31. The van der Waals surface area contributed by atoms with E-state index in [0.717, 1.165) is 41.9 Å². The molecule has 1 aliphatic heterocycles. The normalized spacial score (nSPS) is 14.6. The van der Waals surface area contributed by atoms with Crippen molar-refractivity contribution in [2.75, 3.05) is 23.3 Å². The van der Waals surface area contributed by atoms with Crippen molar-refractivity contribution in [2.24, 2.45) is 4.99 Å². The van der Waals surface area contributed by atoms with Crippen LogP contribution in [-0.4, -0.2) is 30.6 Å². The monoisotopic (exact) mass is 425 g/mol. The summed E-state index contributed by atoms with van der Waals surface area (Å²) < 4.78 is 0. The fraction of sp³-hybridized carbons (Fsp3) is 0.222. The summed E-state index contributed by atoms with van der Waals surface area (Å²) in [7, 11) is 0. The van der Waals surface area contributed by atoms with Crippen molar-refractivity contribution in [3.8, 4) is 0 Å². The predicted molar refractivity (Wildman–Crippen MR) is 130 cm³/mol. The lowest BCUT2D eigenvalue weighted by atomic mass is 10.0. The van der Waals surface area contributed by atoms with Crippen LogP contribution in [0.3, 0.4) is 0 Å². The van der Waals surface area contributed by atoms with Crippen LogP contribution in [0.1, 0.15) is 51.6 Å². The molecule has 0 aromatic heterocycles. The van der Waals surface area contributed by atoms with Crippen LogP contribution in [-0.2, 0) is 0 Å². The van der Waals surface area contributed by atoms with Crippen molar-refractivity contribution in [3.63, 3.8) is 0 Å². The largest absolute Gasteiger partial charge is 0.322 e. The first-order chi connectivity index (χ1) is 15.6. The summed E-state index contributed by atoms with van der Waals surface area (Å²) in [6.45, 7) is 5.31. The molecule has 3 aromatic carbocycles. The van der Waals surface area contributed by atoms with Crippen molar-refractivity contribution in [1.82, 2.24) is 0 Å². The van der Waals surface area contributed by atoms with Gasteiger partial charge in [-0.15, -0.1) is 0 Å². The van der Waals surface area contributed by atoms with Crippen LogP contribution in [0.25, 0.3) is 0 Å². The molecule has 2 amide bonds. The first kappa shape index (κ1) is 21.5. The molecule has 32 heavy (non-hydrogen) atoms. The molecule has 5 nitrogen and oxygen atoms in total. The fourth-order valence-corrected chi connectivity index (χ4v) is 4.06. The molecular formula is C27H27N3O2. The molecule has 0 spiro atoms. The van der Waals surface area contributed by atoms with Crippen molar-refractivity contribution < 1.29 is 9.59 Å². The van der Waals surface area contributed by atoms with Gasteiger partial charge in [0.2, 0.25) is 0 Å². The van der Waals surface area contributed by atoms with Crippen molar-refractivity contribution in [3.05, 3.63) is 95.1 Å². The van der Waals surface area contributed by atoms with E-state index in [4.69, 9.17) is 0 Å². The van der Waals surface area contributed by atoms with Crippen LogP contribution >= 0.6 is 0 Å². The van der Waals surface area contributed by atoms with E-state index in [1.165, 1.54) is 0 Å². The van der Waals surface area contributed by atoms with Crippen LogP contribution in [0.5, 0.6) is 0 Å². The molecule has 1 aliphatic rings. The van der Waals surface area contributed by atoms with E-state index in [0.29, 0.717) is 23.4 Å². The number of aryl methyl sites for hydroxylation is 1.